The number of carbonyl (C=O) groups excluding carboxylic acids is 2. The van der Waals surface area contributed by atoms with Crippen molar-refractivity contribution in [3.05, 3.63) is 65.7 Å². The third-order valence-electron chi connectivity index (χ3n) is 5.36. The van der Waals surface area contributed by atoms with E-state index in [0.717, 1.165) is 30.5 Å². The van der Waals surface area contributed by atoms with Crippen LogP contribution < -0.4 is 10.6 Å². The second kappa shape index (κ2) is 9.40. The smallest absolute Gasteiger partial charge is 0.317 e. The van der Waals surface area contributed by atoms with Crippen molar-refractivity contribution in [2.75, 3.05) is 18.4 Å². The summed E-state index contributed by atoms with van der Waals surface area (Å²) in [6.45, 7) is 5.03. The molecule has 0 radical (unpaired) electrons. The molecule has 1 fully saturated rings. The van der Waals surface area contributed by atoms with Crippen LogP contribution in [0.5, 0.6) is 0 Å². The first kappa shape index (κ1) is 19.9. The highest BCUT2D eigenvalue weighted by molar-refractivity contribution is 5.93. The van der Waals surface area contributed by atoms with Gasteiger partial charge in [0.1, 0.15) is 0 Å². The predicted molar refractivity (Wildman–Crippen MR) is 112 cm³/mol. The molecule has 3 amide bonds. The summed E-state index contributed by atoms with van der Waals surface area (Å²) in [4.78, 5) is 27.3. The van der Waals surface area contributed by atoms with Gasteiger partial charge in [0.05, 0.1) is 12.0 Å². The number of nitrogens with zero attached hydrogens (tertiary/aromatic N) is 1. The lowest BCUT2D eigenvalue weighted by Crippen LogP contribution is -2.49. The zero-order valence-electron chi connectivity index (χ0n) is 16.7. The molecule has 5 nitrogen and oxygen atoms in total. The number of carbonyl (C=O) groups is 2. The van der Waals surface area contributed by atoms with Gasteiger partial charge in [0.2, 0.25) is 5.91 Å². The number of likely N-dealkylation sites (tertiary alicyclic amines) is 1. The average molecular weight is 380 g/mol. The molecule has 0 aromatic heterocycles. The van der Waals surface area contributed by atoms with E-state index >= 15 is 0 Å². The molecule has 0 saturated carbocycles. The van der Waals surface area contributed by atoms with Crippen molar-refractivity contribution in [2.45, 2.75) is 39.2 Å². The van der Waals surface area contributed by atoms with Gasteiger partial charge in [0.15, 0.2) is 0 Å². The number of para-hydroxylation sites is 1. The van der Waals surface area contributed by atoms with Crippen molar-refractivity contribution in [3.8, 4) is 0 Å². The Bertz CT molecular complexity index is 789. The highest BCUT2D eigenvalue weighted by atomic mass is 16.2. The van der Waals surface area contributed by atoms with E-state index < -0.39 is 0 Å². The van der Waals surface area contributed by atoms with Crippen LogP contribution in [0.25, 0.3) is 0 Å². The van der Waals surface area contributed by atoms with Gasteiger partial charge in [0, 0.05) is 18.8 Å². The lowest BCUT2D eigenvalue weighted by Gasteiger charge is -2.39. The first-order valence-electron chi connectivity index (χ1n) is 10.1. The molecule has 28 heavy (non-hydrogen) atoms. The van der Waals surface area contributed by atoms with Crippen LogP contribution in [0.15, 0.2) is 54.6 Å². The van der Waals surface area contributed by atoms with E-state index in [1.54, 1.807) is 0 Å². The maximum absolute atomic E-state index is 12.8. The summed E-state index contributed by atoms with van der Waals surface area (Å²) in [5, 5.41) is 5.88. The topological polar surface area (TPSA) is 61.4 Å². The van der Waals surface area contributed by atoms with Gasteiger partial charge < -0.3 is 15.5 Å². The Hall–Kier alpha value is -2.82. The van der Waals surface area contributed by atoms with Crippen LogP contribution >= 0.6 is 0 Å². The number of rotatable bonds is 5. The van der Waals surface area contributed by atoms with Crippen LogP contribution in [-0.2, 0) is 11.2 Å². The molecule has 0 aliphatic carbocycles. The monoisotopic (exact) mass is 379 g/mol. The van der Waals surface area contributed by atoms with E-state index in [-0.39, 0.29) is 23.9 Å². The second-order valence-electron chi connectivity index (χ2n) is 7.23. The minimum absolute atomic E-state index is 0.00164. The number of piperidine rings is 1. The van der Waals surface area contributed by atoms with Gasteiger partial charge in [-0.3, -0.25) is 4.79 Å². The Kier molecular flexibility index (Phi) is 6.69. The van der Waals surface area contributed by atoms with Crippen LogP contribution in [-0.4, -0.2) is 29.9 Å². The molecule has 2 aromatic carbocycles. The lowest BCUT2D eigenvalue weighted by molar-refractivity contribution is -0.121. The summed E-state index contributed by atoms with van der Waals surface area (Å²) in [5.74, 6) is -0.241. The molecule has 1 aliphatic rings. The molecule has 2 aromatic rings. The fourth-order valence-electron chi connectivity index (χ4n) is 3.75. The molecule has 148 valence electrons. The number of hydrogen-bond donors (Lipinski definition) is 2. The second-order valence-corrected chi connectivity index (χ2v) is 7.23. The standard InChI is InChI=1S/C23H29N3O2/c1-3-17-10-12-18(13-11-17)21-15-14-19(16-26(21)23(28)24-4-2)22(27)25-20-8-6-5-7-9-20/h5-13,19,21H,3-4,14-16H2,1-2H3,(H,24,28)(H,25,27). The molecule has 3 rings (SSSR count). The van der Waals surface area contributed by atoms with Crippen molar-refractivity contribution in [2.24, 2.45) is 5.92 Å². The van der Waals surface area contributed by atoms with Gasteiger partial charge in [-0.2, -0.15) is 0 Å². The van der Waals surface area contributed by atoms with Gasteiger partial charge in [-0.15, -0.1) is 0 Å². The maximum atomic E-state index is 12.8. The minimum atomic E-state index is -0.214. The van der Waals surface area contributed by atoms with Crippen molar-refractivity contribution in [1.29, 1.82) is 0 Å². The molecular weight excluding hydrogens is 350 g/mol. The highest BCUT2D eigenvalue weighted by Gasteiger charge is 2.35. The molecule has 5 heteroatoms. The number of aryl methyl sites for hydroxylation is 1. The molecular formula is C23H29N3O2. The molecule has 2 unspecified atom stereocenters. The summed E-state index contributed by atoms with van der Waals surface area (Å²) in [6.07, 6.45) is 2.52. The Morgan fingerprint density at radius 2 is 1.71 bits per heavy atom. The summed E-state index contributed by atoms with van der Waals surface area (Å²) in [7, 11) is 0. The van der Waals surface area contributed by atoms with E-state index in [0.29, 0.717) is 13.1 Å². The fourth-order valence-corrected chi connectivity index (χ4v) is 3.75. The SMILES string of the molecule is CCNC(=O)N1CC(C(=O)Nc2ccccc2)CCC1c1ccc(CC)cc1. The van der Waals surface area contributed by atoms with Gasteiger partial charge >= 0.3 is 6.03 Å². The summed E-state index contributed by atoms with van der Waals surface area (Å²) >= 11 is 0. The van der Waals surface area contributed by atoms with Crippen molar-refractivity contribution < 1.29 is 9.59 Å². The summed E-state index contributed by atoms with van der Waals surface area (Å²) in [5.41, 5.74) is 3.20. The molecule has 0 bridgehead atoms. The maximum Gasteiger partial charge on any atom is 0.317 e. The first-order chi connectivity index (χ1) is 13.6. The Morgan fingerprint density at radius 1 is 1.00 bits per heavy atom. The van der Waals surface area contributed by atoms with E-state index in [1.165, 1.54) is 5.56 Å². The van der Waals surface area contributed by atoms with Gasteiger partial charge in [-0.05, 0) is 49.4 Å². The number of nitrogens with one attached hydrogen (secondary N) is 2. The quantitative estimate of drug-likeness (QED) is 0.810. The average Bonchev–Trinajstić information content (AvgIpc) is 2.74. The van der Waals surface area contributed by atoms with Crippen molar-refractivity contribution >= 4 is 17.6 Å². The fraction of sp³-hybridized carbons (Fsp3) is 0.391. The van der Waals surface area contributed by atoms with E-state index in [1.807, 2.05) is 42.2 Å². The largest absolute Gasteiger partial charge is 0.338 e. The van der Waals surface area contributed by atoms with Crippen LogP contribution in [0.1, 0.15) is 43.9 Å². The highest BCUT2D eigenvalue weighted by Crippen LogP contribution is 2.34. The first-order valence-corrected chi connectivity index (χ1v) is 10.1. The van der Waals surface area contributed by atoms with Crippen molar-refractivity contribution in [3.63, 3.8) is 0 Å². The molecule has 0 spiro atoms. The Morgan fingerprint density at radius 3 is 2.36 bits per heavy atom. The van der Waals surface area contributed by atoms with Gasteiger partial charge in [-0.25, -0.2) is 4.79 Å². The van der Waals surface area contributed by atoms with Gasteiger partial charge in [0.25, 0.3) is 0 Å². The van der Waals surface area contributed by atoms with E-state index in [9.17, 15) is 9.59 Å². The van der Waals surface area contributed by atoms with Crippen LogP contribution in [0, 0.1) is 5.92 Å². The molecule has 2 N–H and O–H groups in total. The Balaban J connectivity index is 1.75. The molecule has 1 saturated heterocycles. The summed E-state index contributed by atoms with van der Waals surface area (Å²) < 4.78 is 0. The number of amides is 3. The number of hydrogen-bond acceptors (Lipinski definition) is 2. The molecule has 1 aliphatic heterocycles. The minimum Gasteiger partial charge on any atom is -0.338 e. The number of anilines is 1. The number of benzene rings is 2. The van der Waals surface area contributed by atoms with Crippen LogP contribution in [0.3, 0.4) is 0 Å². The van der Waals surface area contributed by atoms with E-state index in [2.05, 4.69) is 41.8 Å². The third-order valence-corrected chi connectivity index (χ3v) is 5.36. The zero-order valence-corrected chi connectivity index (χ0v) is 16.7. The Labute approximate surface area is 167 Å². The zero-order chi connectivity index (χ0) is 19.9. The number of urea groups is 1. The summed E-state index contributed by atoms with van der Waals surface area (Å²) in [6, 6.07) is 17.8. The van der Waals surface area contributed by atoms with Crippen molar-refractivity contribution in [1.82, 2.24) is 10.2 Å². The van der Waals surface area contributed by atoms with Crippen LogP contribution in [0.4, 0.5) is 10.5 Å². The molecule has 2 atom stereocenters. The van der Waals surface area contributed by atoms with Crippen LogP contribution in [0.2, 0.25) is 0 Å². The lowest BCUT2D eigenvalue weighted by atomic mass is 9.88. The third kappa shape index (κ3) is 4.71. The molecule has 1 heterocycles. The normalized spacial score (nSPS) is 19.1. The van der Waals surface area contributed by atoms with E-state index in [4.69, 9.17) is 0 Å². The predicted octanol–water partition coefficient (Wildman–Crippen LogP) is 4.37. The van der Waals surface area contributed by atoms with Gasteiger partial charge in [-0.1, -0.05) is 49.4 Å².